The quantitative estimate of drug-likeness (QED) is 0.748. The molecule has 0 aromatic heterocycles. The SMILES string of the molecule is C[C@@H]1[C@H](C(=O)O)CCCN1S(=O)(=O)CCCC#N. The number of hydrogen-bond donors (Lipinski definition) is 1. The summed E-state index contributed by atoms with van der Waals surface area (Å²) in [5, 5.41) is 17.4. The van der Waals surface area contributed by atoms with Crippen LogP contribution in [-0.2, 0) is 14.8 Å². The molecular weight excluding hydrogens is 256 g/mol. The van der Waals surface area contributed by atoms with Gasteiger partial charge in [-0.05, 0) is 26.2 Å². The Labute approximate surface area is 107 Å². The summed E-state index contributed by atoms with van der Waals surface area (Å²) in [6.07, 6.45) is 1.57. The molecule has 102 valence electrons. The molecule has 0 aromatic rings. The molecule has 18 heavy (non-hydrogen) atoms. The zero-order chi connectivity index (χ0) is 13.8. The van der Waals surface area contributed by atoms with Crippen molar-refractivity contribution in [3.63, 3.8) is 0 Å². The third-order valence-electron chi connectivity index (χ3n) is 3.30. The largest absolute Gasteiger partial charge is 0.481 e. The van der Waals surface area contributed by atoms with Crippen molar-refractivity contribution >= 4 is 16.0 Å². The Kier molecular flexibility index (Phi) is 5.11. The number of hydrogen-bond acceptors (Lipinski definition) is 4. The Morgan fingerprint density at radius 3 is 2.78 bits per heavy atom. The van der Waals surface area contributed by atoms with Gasteiger partial charge in [0.1, 0.15) is 0 Å². The predicted molar refractivity (Wildman–Crippen MR) is 65.2 cm³/mol. The monoisotopic (exact) mass is 274 g/mol. The van der Waals surface area contributed by atoms with Gasteiger partial charge in [0.25, 0.3) is 0 Å². The van der Waals surface area contributed by atoms with Gasteiger partial charge >= 0.3 is 5.97 Å². The van der Waals surface area contributed by atoms with Gasteiger partial charge in [-0.3, -0.25) is 4.79 Å². The van der Waals surface area contributed by atoms with Crippen LogP contribution in [0.4, 0.5) is 0 Å². The molecule has 1 N–H and O–H groups in total. The molecule has 1 rings (SSSR count). The Balaban J connectivity index is 2.75. The number of nitrogens with zero attached hydrogens (tertiary/aromatic N) is 2. The molecule has 1 aliphatic rings. The van der Waals surface area contributed by atoms with Crippen molar-refractivity contribution in [2.24, 2.45) is 5.92 Å². The average molecular weight is 274 g/mol. The van der Waals surface area contributed by atoms with Crippen LogP contribution in [0.5, 0.6) is 0 Å². The van der Waals surface area contributed by atoms with Gasteiger partial charge in [-0.15, -0.1) is 0 Å². The molecule has 0 amide bonds. The molecule has 1 saturated heterocycles. The number of carboxylic acids is 1. The fourth-order valence-electron chi connectivity index (χ4n) is 2.29. The average Bonchev–Trinajstić information content (AvgIpc) is 2.28. The van der Waals surface area contributed by atoms with Crippen LogP contribution in [0.3, 0.4) is 0 Å². The summed E-state index contributed by atoms with van der Waals surface area (Å²) in [5.41, 5.74) is 0. The molecule has 2 atom stereocenters. The summed E-state index contributed by atoms with van der Waals surface area (Å²) in [4.78, 5) is 11.0. The molecule has 7 heteroatoms. The second kappa shape index (κ2) is 6.16. The number of carboxylic acid groups (broad SMARTS) is 1. The topological polar surface area (TPSA) is 98.5 Å². The molecular formula is C11H18N2O4S. The Morgan fingerprint density at radius 2 is 2.22 bits per heavy atom. The molecule has 1 aliphatic heterocycles. The number of aliphatic carboxylic acids is 1. The first-order valence-corrected chi connectivity index (χ1v) is 7.60. The lowest BCUT2D eigenvalue weighted by Crippen LogP contribution is -2.49. The Bertz CT molecular complexity index is 440. The fraction of sp³-hybridized carbons (Fsp3) is 0.818. The van der Waals surface area contributed by atoms with Gasteiger partial charge in [0.2, 0.25) is 10.0 Å². The predicted octanol–water partition coefficient (Wildman–Crippen LogP) is 0.805. The van der Waals surface area contributed by atoms with Gasteiger partial charge in [0, 0.05) is 19.0 Å². The lowest BCUT2D eigenvalue weighted by atomic mass is 9.92. The van der Waals surface area contributed by atoms with Gasteiger partial charge in [-0.25, -0.2) is 8.42 Å². The maximum Gasteiger partial charge on any atom is 0.308 e. The van der Waals surface area contributed by atoms with Crippen molar-refractivity contribution in [2.45, 2.75) is 38.6 Å². The maximum atomic E-state index is 12.1. The van der Waals surface area contributed by atoms with E-state index in [1.54, 1.807) is 6.92 Å². The number of unbranched alkanes of at least 4 members (excludes halogenated alkanes) is 1. The first kappa shape index (κ1) is 14.9. The summed E-state index contributed by atoms with van der Waals surface area (Å²) >= 11 is 0. The molecule has 0 bridgehead atoms. The van der Waals surface area contributed by atoms with E-state index in [1.165, 1.54) is 4.31 Å². The maximum absolute atomic E-state index is 12.1. The highest BCUT2D eigenvalue weighted by Gasteiger charge is 2.38. The van der Waals surface area contributed by atoms with E-state index in [9.17, 15) is 13.2 Å². The number of carbonyl (C=O) groups is 1. The first-order valence-electron chi connectivity index (χ1n) is 5.99. The van der Waals surface area contributed by atoms with Crippen LogP contribution in [0.25, 0.3) is 0 Å². The lowest BCUT2D eigenvalue weighted by Gasteiger charge is -2.36. The molecule has 0 spiro atoms. The fourth-order valence-corrected chi connectivity index (χ4v) is 4.09. The Morgan fingerprint density at radius 1 is 1.56 bits per heavy atom. The van der Waals surface area contributed by atoms with Gasteiger partial charge in [0.15, 0.2) is 0 Å². The Hall–Kier alpha value is -1.13. The number of piperidine rings is 1. The van der Waals surface area contributed by atoms with E-state index >= 15 is 0 Å². The summed E-state index contributed by atoms with van der Waals surface area (Å²) in [7, 11) is -3.45. The van der Waals surface area contributed by atoms with Gasteiger partial charge in [-0.2, -0.15) is 9.57 Å². The van der Waals surface area contributed by atoms with Crippen LogP contribution in [0.1, 0.15) is 32.6 Å². The van der Waals surface area contributed by atoms with Gasteiger partial charge in [-0.1, -0.05) is 0 Å². The minimum Gasteiger partial charge on any atom is -0.481 e. The summed E-state index contributed by atoms with van der Waals surface area (Å²) in [6.45, 7) is 2.01. The number of nitriles is 1. The molecule has 1 heterocycles. The second-order valence-corrected chi connectivity index (χ2v) is 6.56. The summed E-state index contributed by atoms with van der Waals surface area (Å²) < 4.78 is 25.4. The third-order valence-corrected chi connectivity index (χ3v) is 5.33. The van der Waals surface area contributed by atoms with E-state index in [4.69, 9.17) is 10.4 Å². The van der Waals surface area contributed by atoms with E-state index in [1.807, 2.05) is 6.07 Å². The van der Waals surface area contributed by atoms with Crippen LogP contribution in [0.15, 0.2) is 0 Å². The molecule has 6 nitrogen and oxygen atoms in total. The van der Waals surface area contributed by atoms with Crippen LogP contribution in [-0.4, -0.2) is 42.1 Å². The standard InChI is InChI=1S/C11H18N2O4S/c1-9-10(11(14)15)5-4-7-13(9)18(16,17)8-3-2-6-12/h9-10H,2-5,7-8H2,1H3,(H,14,15)/t9-,10-/m1/s1. The molecule has 1 fully saturated rings. The van der Waals surface area contributed by atoms with Crippen molar-refractivity contribution in [3.05, 3.63) is 0 Å². The van der Waals surface area contributed by atoms with Crippen molar-refractivity contribution in [1.82, 2.24) is 4.31 Å². The summed E-state index contributed by atoms with van der Waals surface area (Å²) in [5.74, 6) is -1.67. The van der Waals surface area contributed by atoms with Crippen LogP contribution in [0.2, 0.25) is 0 Å². The lowest BCUT2D eigenvalue weighted by molar-refractivity contribution is -0.144. The highest BCUT2D eigenvalue weighted by atomic mass is 32.2. The molecule has 0 aromatic carbocycles. The van der Waals surface area contributed by atoms with Crippen molar-refractivity contribution in [3.8, 4) is 6.07 Å². The second-order valence-electron chi connectivity index (χ2n) is 4.52. The van der Waals surface area contributed by atoms with Crippen LogP contribution >= 0.6 is 0 Å². The van der Waals surface area contributed by atoms with E-state index in [0.717, 1.165) is 0 Å². The van der Waals surface area contributed by atoms with Gasteiger partial charge in [0.05, 0.1) is 17.7 Å². The van der Waals surface area contributed by atoms with Crippen molar-refractivity contribution < 1.29 is 18.3 Å². The number of sulfonamides is 1. The minimum atomic E-state index is -3.45. The highest BCUT2D eigenvalue weighted by Crippen LogP contribution is 2.26. The first-order chi connectivity index (χ1) is 8.40. The summed E-state index contributed by atoms with van der Waals surface area (Å²) in [6, 6.07) is 1.39. The van der Waals surface area contributed by atoms with Crippen molar-refractivity contribution in [1.29, 1.82) is 5.26 Å². The van der Waals surface area contributed by atoms with Crippen molar-refractivity contribution in [2.75, 3.05) is 12.3 Å². The highest BCUT2D eigenvalue weighted by molar-refractivity contribution is 7.89. The zero-order valence-electron chi connectivity index (χ0n) is 10.4. The van der Waals surface area contributed by atoms with Crippen LogP contribution < -0.4 is 0 Å². The van der Waals surface area contributed by atoms with E-state index in [-0.39, 0.29) is 12.2 Å². The molecule has 0 unspecified atom stereocenters. The normalized spacial score (nSPS) is 25.6. The minimum absolute atomic E-state index is 0.0861. The van der Waals surface area contributed by atoms with E-state index in [2.05, 4.69) is 0 Å². The smallest absolute Gasteiger partial charge is 0.308 e. The molecule has 0 saturated carbocycles. The zero-order valence-corrected chi connectivity index (χ0v) is 11.2. The number of rotatable bonds is 5. The molecule has 0 aliphatic carbocycles. The third kappa shape index (κ3) is 3.43. The van der Waals surface area contributed by atoms with Crippen LogP contribution in [0, 0.1) is 17.2 Å². The van der Waals surface area contributed by atoms with E-state index in [0.29, 0.717) is 25.8 Å². The molecule has 0 radical (unpaired) electrons. The van der Waals surface area contributed by atoms with E-state index < -0.39 is 28.0 Å². The van der Waals surface area contributed by atoms with Gasteiger partial charge < -0.3 is 5.11 Å².